The summed E-state index contributed by atoms with van der Waals surface area (Å²) in [5.41, 5.74) is 1.87. The monoisotopic (exact) mass is 462 g/mol. The van der Waals surface area contributed by atoms with Crippen LogP contribution in [0.4, 0.5) is 0 Å². The lowest BCUT2D eigenvalue weighted by Gasteiger charge is -2.17. The molecule has 9 heteroatoms. The molecular weight excluding hydrogens is 443 g/mol. The molecule has 7 nitrogen and oxygen atoms in total. The molecule has 1 aromatic heterocycles. The predicted octanol–water partition coefficient (Wildman–Crippen LogP) is 4.31. The molecule has 0 atom stereocenters. The number of amides is 1. The highest BCUT2D eigenvalue weighted by atomic mass is 35.5. The molecule has 0 radical (unpaired) electrons. The molecule has 31 heavy (non-hydrogen) atoms. The summed E-state index contributed by atoms with van der Waals surface area (Å²) in [6.07, 6.45) is 1.38. The van der Waals surface area contributed by atoms with Crippen LogP contribution in [0.2, 0.25) is 10.0 Å². The van der Waals surface area contributed by atoms with E-state index in [1.165, 1.54) is 22.8 Å². The van der Waals surface area contributed by atoms with Gasteiger partial charge in [-0.05, 0) is 35.4 Å². The molecule has 3 aromatic rings. The lowest BCUT2D eigenvalue weighted by Crippen LogP contribution is -2.26. The van der Waals surface area contributed by atoms with Crippen LogP contribution in [0.1, 0.15) is 31.8 Å². The van der Waals surface area contributed by atoms with Crippen molar-refractivity contribution >= 4 is 35.1 Å². The summed E-state index contributed by atoms with van der Waals surface area (Å²) in [5.74, 6) is -1.86. The third-order valence-corrected chi connectivity index (χ3v) is 5.47. The minimum absolute atomic E-state index is 0.0359. The molecule has 2 N–H and O–H groups in total. The minimum Gasteiger partial charge on any atom is -0.503 e. The Morgan fingerprint density at radius 2 is 1.68 bits per heavy atom. The van der Waals surface area contributed by atoms with Crippen LogP contribution in [0, 0.1) is 0 Å². The second-order valence-corrected chi connectivity index (χ2v) is 7.76. The Hall–Kier alpha value is -3.16. The first kappa shape index (κ1) is 22.5. The van der Waals surface area contributed by atoms with E-state index in [-0.39, 0.29) is 18.7 Å². The Morgan fingerprint density at radius 1 is 1.03 bits per heavy atom. The molecule has 0 unspecified atom stereocenters. The topological polar surface area (TPSA) is 92.0 Å². The molecule has 1 heterocycles. The van der Waals surface area contributed by atoms with E-state index in [9.17, 15) is 19.8 Å². The largest absolute Gasteiger partial charge is 0.503 e. The smallest absolute Gasteiger partial charge is 0.337 e. The highest BCUT2D eigenvalue weighted by molar-refractivity contribution is 6.42. The van der Waals surface area contributed by atoms with Crippen molar-refractivity contribution in [2.24, 2.45) is 0 Å². The molecule has 0 aliphatic heterocycles. The number of ether oxygens (including phenoxy) is 1. The van der Waals surface area contributed by atoms with Gasteiger partial charge in [0, 0.05) is 19.8 Å². The molecule has 0 bridgehead atoms. The lowest BCUT2D eigenvalue weighted by atomic mass is 10.1. The van der Waals surface area contributed by atoms with E-state index in [0.29, 0.717) is 15.6 Å². The lowest BCUT2D eigenvalue weighted by molar-refractivity contribution is 0.0600. The summed E-state index contributed by atoms with van der Waals surface area (Å²) in [5, 5.41) is 21.4. The standard InChI is InChI=1S/C22H20Cl2N2O5/c1-25(10-14-5-8-17(23)18(24)9-14)20(28)16-12-26(21(29)19(16)27)11-13-3-6-15(7-4-13)22(30)31-2/h3-9,12,27,29H,10-11H2,1-2H3. The van der Waals surface area contributed by atoms with Gasteiger partial charge in [0.15, 0.2) is 5.75 Å². The van der Waals surface area contributed by atoms with Crippen LogP contribution in [0.5, 0.6) is 11.6 Å². The van der Waals surface area contributed by atoms with E-state index in [1.54, 1.807) is 49.5 Å². The number of hydrogen-bond donors (Lipinski definition) is 2. The van der Waals surface area contributed by atoms with Gasteiger partial charge in [0.25, 0.3) is 5.91 Å². The molecule has 162 valence electrons. The highest BCUT2D eigenvalue weighted by Crippen LogP contribution is 2.33. The molecule has 0 saturated heterocycles. The number of aromatic nitrogens is 1. The minimum atomic E-state index is -0.503. The van der Waals surface area contributed by atoms with Gasteiger partial charge in [-0.3, -0.25) is 4.79 Å². The number of nitrogens with zero attached hydrogens (tertiary/aromatic N) is 2. The van der Waals surface area contributed by atoms with Gasteiger partial charge in [0.05, 0.1) is 29.3 Å². The van der Waals surface area contributed by atoms with E-state index < -0.39 is 23.5 Å². The number of hydrogen-bond acceptors (Lipinski definition) is 5. The van der Waals surface area contributed by atoms with Gasteiger partial charge in [-0.2, -0.15) is 0 Å². The number of benzene rings is 2. The van der Waals surface area contributed by atoms with Crippen molar-refractivity contribution in [2.45, 2.75) is 13.1 Å². The van der Waals surface area contributed by atoms with Crippen LogP contribution in [0.25, 0.3) is 0 Å². The molecule has 0 aliphatic rings. The van der Waals surface area contributed by atoms with E-state index in [0.717, 1.165) is 11.1 Å². The second kappa shape index (κ2) is 9.32. The molecule has 0 aliphatic carbocycles. The average Bonchev–Trinajstić information content (AvgIpc) is 3.04. The fourth-order valence-electron chi connectivity index (χ4n) is 3.06. The Balaban J connectivity index is 1.76. The quantitative estimate of drug-likeness (QED) is 0.532. The summed E-state index contributed by atoms with van der Waals surface area (Å²) in [7, 11) is 2.87. The Kier molecular flexibility index (Phi) is 6.77. The maximum absolute atomic E-state index is 12.8. The first-order chi connectivity index (χ1) is 14.7. The Bertz CT molecular complexity index is 1130. The van der Waals surface area contributed by atoms with E-state index in [2.05, 4.69) is 4.74 Å². The van der Waals surface area contributed by atoms with Gasteiger partial charge in [0.2, 0.25) is 5.88 Å². The van der Waals surface area contributed by atoms with Gasteiger partial charge in [-0.1, -0.05) is 41.4 Å². The Morgan fingerprint density at radius 3 is 2.29 bits per heavy atom. The molecule has 2 aromatic carbocycles. The van der Waals surface area contributed by atoms with Crippen LogP contribution in [-0.4, -0.2) is 45.7 Å². The van der Waals surface area contributed by atoms with Crippen molar-refractivity contribution in [1.29, 1.82) is 0 Å². The van der Waals surface area contributed by atoms with Crippen molar-refractivity contribution in [3.05, 3.63) is 81.0 Å². The fourth-order valence-corrected chi connectivity index (χ4v) is 3.38. The summed E-state index contributed by atoms with van der Waals surface area (Å²) in [6, 6.07) is 11.6. The Labute approximate surface area is 189 Å². The van der Waals surface area contributed by atoms with Crippen LogP contribution < -0.4 is 0 Å². The summed E-state index contributed by atoms with van der Waals surface area (Å²) in [6.45, 7) is 0.417. The first-order valence-electron chi connectivity index (χ1n) is 9.19. The third-order valence-electron chi connectivity index (χ3n) is 4.73. The van der Waals surface area contributed by atoms with Gasteiger partial charge in [0.1, 0.15) is 5.56 Å². The molecule has 3 rings (SSSR count). The zero-order chi connectivity index (χ0) is 22.7. The van der Waals surface area contributed by atoms with Crippen LogP contribution >= 0.6 is 23.2 Å². The average molecular weight is 463 g/mol. The van der Waals surface area contributed by atoms with Gasteiger partial charge in [-0.15, -0.1) is 0 Å². The summed E-state index contributed by atoms with van der Waals surface area (Å²) in [4.78, 5) is 25.7. The third kappa shape index (κ3) is 4.95. The molecule has 0 fully saturated rings. The molecular formula is C22H20Cl2N2O5. The maximum Gasteiger partial charge on any atom is 0.337 e. The maximum atomic E-state index is 12.8. The molecule has 0 spiro atoms. The van der Waals surface area contributed by atoms with Crippen molar-refractivity contribution in [2.75, 3.05) is 14.2 Å². The zero-order valence-corrected chi connectivity index (χ0v) is 18.3. The van der Waals surface area contributed by atoms with Crippen LogP contribution in [-0.2, 0) is 17.8 Å². The van der Waals surface area contributed by atoms with Crippen LogP contribution in [0.3, 0.4) is 0 Å². The number of carbonyl (C=O) groups excluding carboxylic acids is 2. The second-order valence-electron chi connectivity index (χ2n) is 6.94. The normalized spacial score (nSPS) is 10.7. The number of rotatable bonds is 6. The zero-order valence-electron chi connectivity index (χ0n) is 16.8. The van der Waals surface area contributed by atoms with Gasteiger partial charge in [-0.25, -0.2) is 4.79 Å². The van der Waals surface area contributed by atoms with Crippen molar-refractivity contribution in [3.63, 3.8) is 0 Å². The number of carbonyl (C=O) groups is 2. The number of methoxy groups -OCH3 is 1. The van der Waals surface area contributed by atoms with E-state index in [1.807, 2.05) is 0 Å². The summed E-state index contributed by atoms with van der Waals surface area (Å²) < 4.78 is 6.01. The van der Waals surface area contributed by atoms with Crippen LogP contribution in [0.15, 0.2) is 48.7 Å². The highest BCUT2D eigenvalue weighted by Gasteiger charge is 2.23. The molecule has 0 saturated carbocycles. The number of aromatic hydroxyl groups is 2. The van der Waals surface area contributed by atoms with Gasteiger partial charge < -0.3 is 24.4 Å². The predicted molar refractivity (Wildman–Crippen MR) is 117 cm³/mol. The number of halogens is 2. The van der Waals surface area contributed by atoms with Gasteiger partial charge >= 0.3 is 5.97 Å². The molecule has 1 amide bonds. The first-order valence-corrected chi connectivity index (χ1v) is 9.94. The van der Waals surface area contributed by atoms with E-state index in [4.69, 9.17) is 23.2 Å². The van der Waals surface area contributed by atoms with Crippen molar-refractivity contribution in [1.82, 2.24) is 9.47 Å². The summed E-state index contributed by atoms with van der Waals surface area (Å²) >= 11 is 11.9. The van der Waals surface area contributed by atoms with E-state index >= 15 is 0 Å². The SMILES string of the molecule is COC(=O)c1ccc(Cn2cc(C(=O)N(C)Cc3ccc(Cl)c(Cl)c3)c(O)c2O)cc1. The van der Waals surface area contributed by atoms with Crippen molar-refractivity contribution in [3.8, 4) is 11.6 Å². The fraction of sp³-hybridized carbons (Fsp3) is 0.182. The number of esters is 1. The van der Waals surface area contributed by atoms with Crippen molar-refractivity contribution < 1.29 is 24.5 Å².